The van der Waals surface area contributed by atoms with Crippen molar-refractivity contribution in [3.05, 3.63) is 59.9 Å². The first-order chi connectivity index (χ1) is 8.29. The second-order valence-electron chi connectivity index (χ2n) is 3.42. The van der Waals surface area contributed by atoms with Gasteiger partial charge >= 0.3 is 0 Å². The van der Waals surface area contributed by atoms with E-state index in [1.165, 1.54) is 0 Å². The molecule has 0 fully saturated rings. The fraction of sp³-hybridized carbons (Fsp3) is 0. The standard InChI is InChI=1S/C14H10N2O/c1-2-11-4-3-5-13(10-11)16-14(17)12-6-8-15-9-7-12/h1,3-10H,(H,16,17). The molecule has 0 unspecified atom stereocenters. The smallest absolute Gasteiger partial charge is 0.255 e. The molecule has 1 aromatic heterocycles. The maximum Gasteiger partial charge on any atom is 0.255 e. The fourth-order valence-corrected chi connectivity index (χ4v) is 1.39. The molecule has 0 saturated heterocycles. The molecule has 0 radical (unpaired) electrons. The van der Waals surface area contributed by atoms with E-state index in [2.05, 4.69) is 16.2 Å². The van der Waals surface area contributed by atoms with Gasteiger partial charge in [-0.2, -0.15) is 0 Å². The zero-order chi connectivity index (χ0) is 12.1. The minimum atomic E-state index is -0.179. The number of pyridine rings is 1. The number of carbonyl (C=O) groups excluding carboxylic acids is 1. The Morgan fingerprint density at radius 3 is 2.71 bits per heavy atom. The number of benzene rings is 1. The highest BCUT2D eigenvalue weighted by Crippen LogP contribution is 2.11. The molecule has 0 aliphatic rings. The Morgan fingerprint density at radius 1 is 1.24 bits per heavy atom. The first-order valence-corrected chi connectivity index (χ1v) is 5.07. The van der Waals surface area contributed by atoms with Gasteiger partial charge in [-0.05, 0) is 30.3 Å². The average Bonchev–Trinajstić information content (AvgIpc) is 2.40. The minimum Gasteiger partial charge on any atom is -0.322 e. The van der Waals surface area contributed by atoms with Gasteiger partial charge in [-0.15, -0.1) is 6.42 Å². The molecule has 3 nitrogen and oxygen atoms in total. The normalized spacial score (nSPS) is 9.35. The molecule has 0 saturated carbocycles. The fourth-order valence-electron chi connectivity index (χ4n) is 1.39. The first kappa shape index (κ1) is 10.9. The van der Waals surface area contributed by atoms with Crippen molar-refractivity contribution in [2.45, 2.75) is 0 Å². The largest absolute Gasteiger partial charge is 0.322 e. The number of carbonyl (C=O) groups is 1. The molecule has 2 aromatic rings. The molecular formula is C14H10N2O. The Kier molecular flexibility index (Phi) is 3.18. The van der Waals surface area contributed by atoms with Gasteiger partial charge in [0.25, 0.3) is 5.91 Å². The molecule has 0 spiro atoms. The number of aromatic nitrogens is 1. The van der Waals surface area contributed by atoms with Crippen LogP contribution in [0.2, 0.25) is 0 Å². The van der Waals surface area contributed by atoms with Gasteiger partial charge in [0.05, 0.1) is 0 Å². The van der Waals surface area contributed by atoms with E-state index in [1.54, 1.807) is 42.7 Å². The third-order valence-corrected chi connectivity index (χ3v) is 2.23. The van der Waals surface area contributed by atoms with Crippen LogP contribution in [0, 0.1) is 12.3 Å². The molecule has 0 aliphatic heterocycles. The molecule has 1 aromatic carbocycles. The van der Waals surface area contributed by atoms with Gasteiger partial charge in [-0.25, -0.2) is 0 Å². The van der Waals surface area contributed by atoms with Gasteiger partial charge < -0.3 is 5.32 Å². The van der Waals surface area contributed by atoms with Crippen molar-refractivity contribution in [1.29, 1.82) is 0 Å². The van der Waals surface area contributed by atoms with Crippen LogP contribution in [0.25, 0.3) is 0 Å². The summed E-state index contributed by atoms with van der Waals surface area (Å²) in [6.45, 7) is 0. The Hall–Kier alpha value is -2.60. The molecule has 17 heavy (non-hydrogen) atoms. The second kappa shape index (κ2) is 4.95. The van der Waals surface area contributed by atoms with Crippen molar-refractivity contribution in [2.24, 2.45) is 0 Å². The summed E-state index contributed by atoms with van der Waals surface area (Å²) in [4.78, 5) is 15.7. The molecule has 0 bridgehead atoms. The molecule has 2 rings (SSSR count). The van der Waals surface area contributed by atoms with Gasteiger partial charge in [-0.1, -0.05) is 12.0 Å². The summed E-state index contributed by atoms with van der Waals surface area (Å²) in [6.07, 6.45) is 8.44. The van der Waals surface area contributed by atoms with E-state index in [9.17, 15) is 4.79 Å². The van der Waals surface area contributed by atoms with Gasteiger partial charge in [0.15, 0.2) is 0 Å². The third-order valence-electron chi connectivity index (χ3n) is 2.23. The van der Waals surface area contributed by atoms with Crippen LogP contribution in [0.5, 0.6) is 0 Å². The molecule has 3 heteroatoms. The van der Waals surface area contributed by atoms with E-state index >= 15 is 0 Å². The lowest BCUT2D eigenvalue weighted by atomic mass is 10.2. The topological polar surface area (TPSA) is 42.0 Å². The summed E-state index contributed by atoms with van der Waals surface area (Å²) in [7, 11) is 0. The molecule has 0 atom stereocenters. The van der Waals surface area contributed by atoms with E-state index in [0.717, 1.165) is 5.56 Å². The monoisotopic (exact) mass is 222 g/mol. The number of nitrogens with one attached hydrogen (secondary N) is 1. The maximum absolute atomic E-state index is 11.8. The van der Waals surface area contributed by atoms with E-state index in [4.69, 9.17) is 6.42 Å². The third kappa shape index (κ3) is 2.70. The van der Waals surface area contributed by atoms with Crippen molar-refractivity contribution in [2.75, 3.05) is 5.32 Å². The van der Waals surface area contributed by atoms with Crippen LogP contribution in [0.15, 0.2) is 48.8 Å². The number of amides is 1. The Morgan fingerprint density at radius 2 is 2.00 bits per heavy atom. The quantitative estimate of drug-likeness (QED) is 0.792. The molecule has 82 valence electrons. The highest BCUT2D eigenvalue weighted by Gasteiger charge is 2.04. The predicted molar refractivity (Wildman–Crippen MR) is 66.6 cm³/mol. The van der Waals surface area contributed by atoms with Crippen LogP contribution in [0.3, 0.4) is 0 Å². The number of rotatable bonds is 2. The number of hydrogen-bond acceptors (Lipinski definition) is 2. The van der Waals surface area contributed by atoms with Gasteiger partial charge in [0.1, 0.15) is 0 Å². The number of terminal acetylenes is 1. The van der Waals surface area contributed by atoms with Crippen molar-refractivity contribution < 1.29 is 4.79 Å². The molecule has 1 heterocycles. The van der Waals surface area contributed by atoms with Crippen molar-refractivity contribution in [3.8, 4) is 12.3 Å². The lowest BCUT2D eigenvalue weighted by Crippen LogP contribution is -2.11. The molecule has 1 amide bonds. The van der Waals surface area contributed by atoms with Crippen LogP contribution in [0.4, 0.5) is 5.69 Å². The minimum absolute atomic E-state index is 0.179. The summed E-state index contributed by atoms with van der Waals surface area (Å²) < 4.78 is 0. The van der Waals surface area contributed by atoms with Crippen LogP contribution in [-0.2, 0) is 0 Å². The summed E-state index contributed by atoms with van der Waals surface area (Å²) >= 11 is 0. The molecule has 0 aliphatic carbocycles. The predicted octanol–water partition coefficient (Wildman–Crippen LogP) is 2.32. The van der Waals surface area contributed by atoms with Crippen LogP contribution < -0.4 is 5.32 Å². The SMILES string of the molecule is C#Cc1cccc(NC(=O)c2ccncc2)c1. The second-order valence-corrected chi connectivity index (χ2v) is 3.42. The van der Waals surface area contributed by atoms with E-state index in [-0.39, 0.29) is 5.91 Å². The molecular weight excluding hydrogens is 212 g/mol. The van der Waals surface area contributed by atoms with E-state index in [0.29, 0.717) is 11.3 Å². The molecule has 1 N–H and O–H groups in total. The lowest BCUT2D eigenvalue weighted by Gasteiger charge is -2.05. The van der Waals surface area contributed by atoms with Crippen molar-refractivity contribution in [1.82, 2.24) is 4.98 Å². The number of hydrogen-bond donors (Lipinski definition) is 1. The Bertz CT molecular complexity index is 570. The lowest BCUT2D eigenvalue weighted by molar-refractivity contribution is 0.102. The maximum atomic E-state index is 11.8. The van der Waals surface area contributed by atoms with E-state index < -0.39 is 0 Å². The van der Waals surface area contributed by atoms with Crippen molar-refractivity contribution in [3.63, 3.8) is 0 Å². The Labute approximate surface area is 99.5 Å². The van der Waals surface area contributed by atoms with Crippen LogP contribution in [0.1, 0.15) is 15.9 Å². The highest BCUT2D eigenvalue weighted by molar-refractivity contribution is 6.04. The first-order valence-electron chi connectivity index (χ1n) is 5.07. The summed E-state index contributed by atoms with van der Waals surface area (Å²) in [6, 6.07) is 10.5. The van der Waals surface area contributed by atoms with Crippen molar-refractivity contribution >= 4 is 11.6 Å². The van der Waals surface area contributed by atoms with Crippen LogP contribution in [-0.4, -0.2) is 10.9 Å². The zero-order valence-corrected chi connectivity index (χ0v) is 9.05. The van der Waals surface area contributed by atoms with Gasteiger partial charge in [0.2, 0.25) is 0 Å². The average molecular weight is 222 g/mol. The summed E-state index contributed by atoms with van der Waals surface area (Å²) in [5.74, 6) is 2.34. The Balaban J connectivity index is 2.17. The number of nitrogens with zero attached hydrogens (tertiary/aromatic N) is 1. The van der Waals surface area contributed by atoms with Gasteiger partial charge in [-0.3, -0.25) is 9.78 Å². The van der Waals surface area contributed by atoms with E-state index in [1.807, 2.05) is 6.07 Å². The number of anilines is 1. The van der Waals surface area contributed by atoms with Gasteiger partial charge in [0, 0.05) is 29.2 Å². The summed E-state index contributed by atoms with van der Waals surface area (Å²) in [5, 5.41) is 2.77. The van der Waals surface area contributed by atoms with Crippen LogP contribution >= 0.6 is 0 Å². The zero-order valence-electron chi connectivity index (χ0n) is 9.05. The highest BCUT2D eigenvalue weighted by atomic mass is 16.1. The summed E-state index contributed by atoms with van der Waals surface area (Å²) in [5.41, 5.74) is 1.98.